The number of anilines is 1. The van der Waals surface area contributed by atoms with Gasteiger partial charge in [0.2, 0.25) is 0 Å². The Morgan fingerprint density at radius 3 is 2.84 bits per heavy atom. The summed E-state index contributed by atoms with van der Waals surface area (Å²) >= 11 is 1.91. The van der Waals surface area contributed by atoms with Crippen LogP contribution in [0.4, 0.5) is 5.69 Å². The molecule has 0 saturated heterocycles. The summed E-state index contributed by atoms with van der Waals surface area (Å²) in [4.78, 5) is 2.43. The second-order valence-corrected chi connectivity index (χ2v) is 5.68. The van der Waals surface area contributed by atoms with Gasteiger partial charge in [-0.3, -0.25) is 0 Å². The van der Waals surface area contributed by atoms with Crippen LogP contribution in [0.25, 0.3) is 0 Å². The Kier molecular flexibility index (Phi) is 7.75. The van der Waals surface area contributed by atoms with Crippen LogP contribution in [0.2, 0.25) is 0 Å². The Labute approximate surface area is 121 Å². The zero-order valence-electron chi connectivity index (χ0n) is 12.3. The third-order valence-corrected chi connectivity index (χ3v) is 3.95. The molecule has 108 valence electrons. The zero-order valence-corrected chi connectivity index (χ0v) is 13.1. The molecule has 0 amide bonds. The number of ether oxygens (including phenoxy) is 1. The molecule has 1 unspecified atom stereocenters. The number of rotatable bonds is 9. The van der Waals surface area contributed by atoms with Crippen molar-refractivity contribution in [1.82, 2.24) is 4.90 Å². The summed E-state index contributed by atoms with van der Waals surface area (Å²) in [6, 6.07) is 8.27. The lowest BCUT2D eigenvalue weighted by Gasteiger charge is -2.26. The van der Waals surface area contributed by atoms with Crippen LogP contribution in [0, 0.1) is 0 Å². The molecule has 0 aliphatic heterocycles. The molecule has 4 heteroatoms. The van der Waals surface area contributed by atoms with Crippen molar-refractivity contribution in [1.29, 1.82) is 0 Å². The highest BCUT2D eigenvalue weighted by atomic mass is 32.2. The van der Waals surface area contributed by atoms with Gasteiger partial charge < -0.3 is 15.4 Å². The van der Waals surface area contributed by atoms with Gasteiger partial charge in [0.1, 0.15) is 5.75 Å². The number of hydrogen-bond acceptors (Lipinski definition) is 4. The predicted molar refractivity (Wildman–Crippen MR) is 86.1 cm³/mol. The first-order valence-electron chi connectivity index (χ1n) is 6.85. The second kappa shape index (κ2) is 9.10. The van der Waals surface area contributed by atoms with Gasteiger partial charge in [-0.05, 0) is 38.3 Å². The highest BCUT2D eigenvalue weighted by molar-refractivity contribution is 7.98. The fraction of sp³-hybridized carbons (Fsp3) is 0.600. The largest absolute Gasteiger partial charge is 0.493 e. The van der Waals surface area contributed by atoms with E-state index in [9.17, 15) is 0 Å². The maximum Gasteiger partial charge on any atom is 0.121 e. The van der Waals surface area contributed by atoms with E-state index in [4.69, 9.17) is 10.5 Å². The molecule has 0 saturated carbocycles. The molecular formula is C15H26N2OS. The van der Waals surface area contributed by atoms with Gasteiger partial charge in [0.05, 0.1) is 6.61 Å². The van der Waals surface area contributed by atoms with Crippen molar-refractivity contribution in [2.75, 3.05) is 37.9 Å². The Bertz CT molecular complexity index is 360. The van der Waals surface area contributed by atoms with Crippen molar-refractivity contribution in [3.8, 4) is 5.75 Å². The van der Waals surface area contributed by atoms with E-state index in [1.54, 1.807) is 0 Å². The number of nitrogens with zero attached hydrogens (tertiary/aromatic N) is 1. The van der Waals surface area contributed by atoms with Gasteiger partial charge in [-0.2, -0.15) is 11.8 Å². The number of hydrogen-bond donors (Lipinski definition) is 1. The normalized spacial score (nSPS) is 12.6. The Morgan fingerprint density at radius 2 is 2.21 bits per heavy atom. The predicted octanol–water partition coefficient (Wildman–Crippen LogP) is 3.11. The Morgan fingerprint density at radius 1 is 1.42 bits per heavy atom. The van der Waals surface area contributed by atoms with Crippen LogP contribution in [0.1, 0.15) is 19.8 Å². The summed E-state index contributed by atoms with van der Waals surface area (Å²) in [6.45, 7) is 4.06. The molecule has 0 spiro atoms. The highest BCUT2D eigenvalue weighted by Gasteiger charge is 2.11. The van der Waals surface area contributed by atoms with E-state index in [1.165, 1.54) is 12.2 Å². The van der Waals surface area contributed by atoms with E-state index < -0.39 is 0 Å². The molecule has 1 atom stereocenters. The molecule has 0 aliphatic rings. The minimum Gasteiger partial charge on any atom is -0.493 e. The van der Waals surface area contributed by atoms with Crippen LogP contribution in [-0.2, 0) is 0 Å². The summed E-state index contributed by atoms with van der Waals surface area (Å²) in [5.41, 5.74) is 6.46. The lowest BCUT2D eigenvalue weighted by Crippen LogP contribution is -2.34. The quantitative estimate of drug-likeness (QED) is 0.558. The number of thioether (sulfide) groups is 1. The number of benzene rings is 1. The molecule has 0 aromatic heterocycles. The van der Waals surface area contributed by atoms with E-state index in [0.29, 0.717) is 6.04 Å². The third kappa shape index (κ3) is 6.21. The highest BCUT2D eigenvalue weighted by Crippen LogP contribution is 2.15. The minimum absolute atomic E-state index is 0.669. The first-order valence-corrected chi connectivity index (χ1v) is 8.24. The number of nitrogens with two attached hydrogens (primary N) is 1. The van der Waals surface area contributed by atoms with Crippen molar-refractivity contribution < 1.29 is 4.74 Å². The van der Waals surface area contributed by atoms with Crippen molar-refractivity contribution >= 4 is 17.4 Å². The Balaban J connectivity index is 2.23. The summed E-state index contributed by atoms with van der Waals surface area (Å²) in [5.74, 6) is 2.06. The van der Waals surface area contributed by atoms with Gasteiger partial charge in [0, 0.05) is 30.1 Å². The lowest BCUT2D eigenvalue weighted by atomic mass is 10.2. The van der Waals surface area contributed by atoms with Gasteiger partial charge in [-0.15, -0.1) is 0 Å². The topological polar surface area (TPSA) is 38.5 Å². The fourth-order valence-corrected chi connectivity index (χ4v) is 2.91. The molecule has 1 aromatic rings. The van der Waals surface area contributed by atoms with Crippen molar-refractivity contribution in [3.63, 3.8) is 0 Å². The maximum absolute atomic E-state index is 5.71. The zero-order chi connectivity index (χ0) is 14.1. The molecule has 0 heterocycles. The molecule has 0 bridgehead atoms. The van der Waals surface area contributed by atoms with E-state index in [1.807, 2.05) is 36.0 Å². The molecule has 2 N–H and O–H groups in total. The molecule has 0 radical (unpaired) electrons. The van der Waals surface area contributed by atoms with E-state index in [-0.39, 0.29) is 0 Å². The molecule has 19 heavy (non-hydrogen) atoms. The summed E-state index contributed by atoms with van der Waals surface area (Å²) in [7, 11) is 2.20. The average Bonchev–Trinajstić information content (AvgIpc) is 2.40. The third-order valence-electron chi connectivity index (χ3n) is 3.24. The molecule has 0 fully saturated rings. The Hall–Kier alpha value is -0.870. The average molecular weight is 282 g/mol. The van der Waals surface area contributed by atoms with Crippen LogP contribution in [0.5, 0.6) is 5.75 Å². The maximum atomic E-state index is 5.71. The summed E-state index contributed by atoms with van der Waals surface area (Å²) in [6.07, 6.45) is 4.41. The number of nitrogen functional groups attached to an aromatic ring is 1. The smallest absolute Gasteiger partial charge is 0.121 e. The van der Waals surface area contributed by atoms with E-state index in [2.05, 4.69) is 25.1 Å². The first-order chi connectivity index (χ1) is 9.17. The molecule has 1 aromatic carbocycles. The SMILES string of the molecule is CCC(CSC)N(C)CCCOc1cccc(N)c1. The standard InChI is InChI=1S/C15H26N2OS/c1-4-14(12-19-3)17(2)9-6-10-18-15-8-5-7-13(16)11-15/h5,7-8,11,14H,4,6,9-10,12,16H2,1-3H3. The summed E-state index contributed by atoms with van der Waals surface area (Å²) in [5, 5.41) is 0. The fourth-order valence-electron chi connectivity index (χ4n) is 2.04. The summed E-state index contributed by atoms with van der Waals surface area (Å²) < 4.78 is 5.70. The van der Waals surface area contributed by atoms with E-state index in [0.717, 1.165) is 31.0 Å². The van der Waals surface area contributed by atoms with Gasteiger partial charge in [0.25, 0.3) is 0 Å². The van der Waals surface area contributed by atoms with Crippen molar-refractivity contribution in [3.05, 3.63) is 24.3 Å². The monoisotopic (exact) mass is 282 g/mol. The van der Waals surface area contributed by atoms with Gasteiger partial charge in [0.15, 0.2) is 0 Å². The van der Waals surface area contributed by atoms with Crippen LogP contribution in [-0.4, -0.2) is 43.1 Å². The van der Waals surface area contributed by atoms with Gasteiger partial charge >= 0.3 is 0 Å². The molecule has 0 aliphatic carbocycles. The van der Waals surface area contributed by atoms with Gasteiger partial charge in [-0.25, -0.2) is 0 Å². The molecule has 1 rings (SSSR count). The van der Waals surface area contributed by atoms with Crippen LogP contribution in [0.3, 0.4) is 0 Å². The first kappa shape index (κ1) is 16.2. The molecule has 3 nitrogen and oxygen atoms in total. The lowest BCUT2D eigenvalue weighted by molar-refractivity contribution is 0.223. The van der Waals surface area contributed by atoms with Crippen molar-refractivity contribution in [2.24, 2.45) is 0 Å². The van der Waals surface area contributed by atoms with Crippen LogP contribution < -0.4 is 10.5 Å². The minimum atomic E-state index is 0.669. The van der Waals surface area contributed by atoms with E-state index >= 15 is 0 Å². The van der Waals surface area contributed by atoms with Crippen LogP contribution in [0.15, 0.2) is 24.3 Å². The molecular weight excluding hydrogens is 256 g/mol. The van der Waals surface area contributed by atoms with Crippen molar-refractivity contribution in [2.45, 2.75) is 25.8 Å². The van der Waals surface area contributed by atoms with Crippen LogP contribution >= 0.6 is 11.8 Å². The second-order valence-electron chi connectivity index (χ2n) is 4.77. The van der Waals surface area contributed by atoms with Gasteiger partial charge in [-0.1, -0.05) is 13.0 Å².